The van der Waals surface area contributed by atoms with Crippen molar-refractivity contribution in [1.29, 1.82) is 0 Å². The average Bonchev–Trinajstić information content (AvgIpc) is 3.39. The van der Waals surface area contributed by atoms with E-state index in [2.05, 4.69) is 46.4 Å². The molecule has 2 fully saturated rings. The number of benzene rings is 1. The van der Waals surface area contributed by atoms with E-state index in [9.17, 15) is 4.79 Å². The molecule has 0 spiro atoms. The Kier molecular flexibility index (Phi) is 4.07. The van der Waals surface area contributed by atoms with Crippen molar-refractivity contribution >= 4 is 5.91 Å². The van der Waals surface area contributed by atoms with E-state index in [4.69, 9.17) is 0 Å². The second-order valence-electron chi connectivity index (χ2n) is 6.93. The van der Waals surface area contributed by atoms with Crippen molar-refractivity contribution in [2.75, 3.05) is 6.54 Å². The Hall–Kier alpha value is -2.20. The first-order valence-corrected chi connectivity index (χ1v) is 8.76. The fourth-order valence-electron chi connectivity index (χ4n) is 3.56. The normalized spacial score (nSPS) is 22.0. The Morgan fingerprint density at radius 1 is 1.17 bits per heavy atom. The van der Waals surface area contributed by atoms with Crippen LogP contribution in [0.2, 0.25) is 0 Å². The van der Waals surface area contributed by atoms with Gasteiger partial charge < -0.3 is 10.2 Å². The number of rotatable bonds is 5. The summed E-state index contributed by atoms with van der Waals surface area (Å²) in [5.74, 6) is 0.313. The topological polar surface area (TPSA) is 45.2 Å². The average molecular weight is 321 g/mol. The van der Waals surface area contributed by atoms with Crippen LogP contribution in [0.15, 0.2) is 48.8 Å². The van der Waals surface area contributed by atoms with Crippen molar-refractivity contribution in [2.45, 2.75) is 44.3 Å². The molecule has 1 saturated heterocycles. The summed E-state index contributed by atoms with van der Waals surface area (Å²) >= 11 is 0. The fraction of sp³-hybridized carbons (Fsp3) is 0.400. The highest BCUT2D eigenvalue weighted by molar-refractivity contribution is 5.80. The Labute approximate surface area is 142 Å². The van der Waals surface area contributed by atoms with E-state index in [1.54, 1.807) is 0 Å². The van der Waals surface area contributed by atoms with Crippen LogP contribution in [-0.4, -0.2) is 34.4 Å². The van der Waals surface area contributed by atoms with Crippen molar-refractivity contribution in [3.05, 3.63) is 54.4 Å². The Bertz CT molecular complexity index is 727. The lowest BCUT2D eigenvalue weighted by molar-refractivity contribution is -0.128. The molecule has 4 heteroatoms. The first-order chi connectivity index (χ1) is 11.7. The number of hydrogen-bond acceptors (Lipinski definition) is 3. The van der Waals surface area contributed by atoms with E-state index in [1.165, 1.54) is 29.5 Å². The van der Waals surface area contributed by atoms with Crippen LogP contribution in [-0.2, 0) is 4.79 Å². The van der Waals surface area contributed by atoms with E-state index in [0.29, 0.717) is 18.4 Å². The molecule has 1 saturated carbocycles. The summed E-state index contributed by atoms with van der Waals surface area (Å²) < 4.78 is 0. The van der Waals surface area contributed by atoms with Crippen LogP contribution in [0.3, 0.4) is 0 Å². The summed E-state index contributed by atoms with van der Waals surface area (Å²) in [5, 5.41) is 3.64. The number of carbonyl (C=O) groups is 1. The summed E-state index contributed by atoms with van der Waals surface area (Å²) in [4.78, 5) is 18.3. The Morgan fingerprint density at radius 3 is 2.71 bits per heavy atom. The number of pyridine rings is 1. The zero-order valence-corrected chi connectivity index (χ0v) is 14.0. The SMILES string of the molecule is C[C@@H](N[C@H]1CC(=O)N(C2CC2)C1)c1cccc(-c2ccncc2)c1. The van der Waals surface area contributed by atoms with Crippen molar-refractivity contribution < 1.29 is 4.79 Å². The van der Waals surface area contributed by atoms with E-state index in [-0.39, 0.29) is 12.1 Å². The molecule has 24 heavy (non-hydrogen) atoms. The molecular weight excluding hydrogens is 298 g/mol. The van der Waals surface area contributed by atoms with E-state index in [1.807, 2.05) is 24.5 Å². The van der Waals surface area contributed by atoms with Gasteiger partial charge in [0.1, 0.15) is 0 Å². The molecule has 1 N–H and O–H groups in total. The number of aromatic nitrogens is 1. The molecule has 1 aromatic carbocycles. The molecular formula is C20H23N3O. The minimum Gasteiger partial charge on any atom is -0.338 e. The lowest BCUT2D eigenvalue weighted by atomic mass is 10.0. The molecule has 4 nitrogen and oxygen atoms in total. The van der Waals surface area contributed by atoms with E-state index >= 15 is 0 Å². The minimum atomic E-state index is 0.226. The van der Waals surface area contributed by atoms with Gasteiger partial charge in [-0.3, -0.25) is 9.78 Å². The summed E-state index contributed by atoms with van der Waals surface area (Å²) in [6, 6.07) is 13.7. The third kappa shape index (κ3) is 3.20. The van der Waals surface area contributed by atoms with Gasteiger partial charge in [0.2, 0.25) is 5.91 Å². The summed E-state index contributed by atoms with van der Waals surface area (Å²) in [7, 11) is 0. The zero-order valence-electron chi connectivity index (χ0n) is 14.0. The molecule has 2 atom stereocenters. The molecule has 1 aromatic heterocycles. The molecule has 2 aromatic rings. The monoisotopic (exact) mass is 321 g/mol. The van der Waals surface area contributed by atoms with Crippen LogP contribution in [0.4, 0.5) is 0 Å². The Morgan fingerprint density at radius 2 is 1.96 bits per heavy atom. The number of nitrogens with zero attached hydrogens (tertiary/aromatic N) is 2. The number of nitrogens with one attached hydrogen (secondary N) is 1. The predicted molar refractivity (Wildman–Crippen MR) is 94.4 cm³/mol. The number of carbonyl (C=O) groups excluding carboxylic acids is 1. The first kappa shape index (κ1) is 15.3. The van der Waals surface area contributed by atoms with Crippen molar-refractivity contribution in [3.8, 4) is 11.1 Å². The minimum absolute atomic E-state index is 0.226. The van der Waals surface area contributed by atoms with Crippen molar-refractivity contribution in [3.63, 3.8) is 0 Å². The van der Waals surface area contributed by atoms with Gasteiger partial charge in [-0.2, -0.15) is 0 Å². The highest BCUT2D eigenvalue weighted by atomic mass is 16.2. The maximum Gasteiger partial charge on any atom is 0.224 e. The van der Waals surface area contributed by atoms with Gasteiger partial charge in [-0.15, -0.1) is 0 Å². The standard InChI is InChI=1S/C20H23N3O/c1-14(22-18-12-20(24)23(13-18)19-5-6-19)16-3-2-4-17(11-16)15-7-9-21-10-8-15/h2-4,7-11,14,18-19,22H,5-6,12-13H2,1H3/t14-,18+/m1/s1. The van der Waals surface area contributed by atoms with Gasteiger partial charge in [-0.05, 0) is 54.7 Å². The quantitative estimate of drug-likeness (QED) is 0.920. The maximum absolute atomic E-state index is 12.1. The van der Waals surface area contributed by atoms with Crippen LogP contribution < -0.4 is 5.32 Å². The van der Waals surface area contributed by atoms with Gasteiger partial charge in [-0.25, -0.2) is 0 Å². The second kappa shape index (κ2) is 6.36. The van der Waals surface area contributed by atoms with Crippen LogP contribution >= 0.6 is 0 Å². The zero-order chi connectivity index (χ0) is 16.5. The van der Waals surface area contributed by atoms with Gasteiger partial charge in [0.25, 0.3) is 0 Å². The fourth-order valence-corrected chi connectivity index (χ4v) is 3.56. The highest BCUT2D eigenvalue weighted by Crippen LogP contribution is 2.31. The molecule has 0 radical (unpaired) electrons. The van der Waals surface area contributed by atoms with Gasteiger partial charge in [0.05, 0.1) is 0 Å². The number of amides is 1. The highest BCUT2D eigenvalue weighted by Gasteiger charge is 2.39. The summed E-state index contributed by atoms with van der Waals surface area (Å²) in [5.41, 5.74) is 3.63. The first-order valence-electron chi connectivity index (χ1n) is 8.76. The molecule has 0 bridgehead atoms. The van der Waals surface area contributed by atoms with Gasteiger partial charge in [0, 0.05) is 43.5 Å². The van der Waals surface area contributed by atoms with E-state index < -0.39 is 0 Å². The Balaban J connectivity index is 1.45. The molecule has 2 heterocycles. The molecule has 4 rings (SSSR count). The van der Waals surface area contributed by atoms with Crippen LogP contribution in [0.25, 0.3) is 11.1 Å². The van der Waals surface area contributed by atoms with Crippen LogP contribution in [0, 0.1) is 0 Å². The molecule has 1 aliphatic heterocycles. The smallest absolute Gasteiger partial charge is 0.224 e. The molecule has 1 aliphatic carbocycles. The molecule has 0 unspecified atom stereocenters. The third-order valence-corrected chi connectivity index (χ3v) is 5.03. The lowest BCUT2D eigenvalue weighted by Gasteiger charge is -2.21. The molecule has 2 aliphatic rings. The second-order valence-corrected chi connectivity index (χ2v) is 6.93. The molecule has 124 valence electrons. The third-order valence-electron chi connectivity index (χ3n) is 5.03. The predicted octanol–water partition coefficient (Wildman–Crippen LogP) is 3.16. The largest absolute Gasteiger partial charge is 0.338 e. The lowest BCUT2D eigenvalue weighted by Crippen LogP contribution is -2.35. The maximum atomic E-state index is 12.1. The molecule has 1 amide bonds. The van der Waals surface area contributed by atoms with Gasteiger partial charge in [-0.1, -0.05) is 18.2 Å². The van der Waals surface area contributed by atoms with E-state index in [0.717, 1.165) is 6.54 Å². The number of hydrogen-bond donors (Lipinski definition) is 1. The van der Waals surface area contributed by atoms with Gasteiger partial charge >= 0.3 is 0 Å². The summed E-state index contributed by atoms with van der Waals surface area (Å²) in [6.45, 7) is 3.04. The summed E-state index contributed by atoms with van der Waals surface area (Å²) in [6.07, 6.45) is 6.63. The van der Waals surface area contributed by atoms with Crippen molar-refractivity contribution in [1.82, 2.24) is 15.2 Å². The van der Waals surface area contributed by atoms with Gasteiger partial charge in [0.15, 0.2) is 0 Å². The number of likely N-dealkylation sites (tertiary alicyclic amines) is 1. The van der Waals surface area contributed by atoms with Crippen LogP contribution in [0.5, 0.6) is 0 Å². The van der Waals surface area contributed by atoms with Crippen LogP contribution in [0.1, 0.15) is 37.8 Å². The van der Waals surface area contributed by atoms with Crippen molar-refractivity contribution in [2.24, 2.45) is 0 Å².